The molecule has 0 amide bonds. The van der Waals surface area contributed by atoms with E-state index in [2.05, 4.69) is 4.98 Å². The molecule has 1 aromatic heterocycles. The first kappa shape index (κ1) is 12.5. The number of fused-ring (bicyclic) bond motifs is 1. The molecule has 0 atom stereocenters. The van der Waals surface area contributed by atoms with Gasteiger partial charge in [0.2, 0.25) is 0 Å². The summed E-state index contributed by atoms with van der Waals surface area (Å²) in [5, 5.41) is 8.57. The van der Waals surface area contributed by atoms with Crippen LogP contribution in [0.1, 0.15) is 18.7 Å². The summed E-state index contributed by atoms with van der Waals surface area (Å²) in [6, 6.07) is 2.14. The van der Waals surface area contributed by atoms with Gasteiger partial charge in [0, 0.05) is 25.1 Å². The van der Waals surface area contributed by atoms with Crippen molar-refractivity contribution in [3.05, 3.63) is 29.6 Å². The Hall–Kier alpha value is -1.98. The van der Waals surface area contributed by atoms with Crippen molar-refractivity contribution < 1.29 is 18.7 Å². The van der Waals surface area contributed by atoms with Crippen molar-refractivity contribution in [2.45, 2.75) is 26.3 Å². The van der Waals surface area contributed by atoms with Crippen LogP contribution >= 0.6 is 0 Å². The first-order valence-corrected chi connectivity index (χ1v) is 5.52. The fraction of sp³-hybridized carbons (Fsp3) is 0.333. The minimum absolute atomic E-state index is 0.0305. The number of carboxylic acids is 1. The Balaban J connectivity index is 2.34. The largest absolute Gasteiger partial charge is 0.481 e. The summed E-state index contributed by atoms with van der Waals surface area (Å²) >= 11 is 0. The smallest absolute Gasteiger partial charge is 0.303 e. The molecule has 0 aliphatic heterocycles. The number of hydrogen-bond acceptors (Lipinski definition) is 2. The molecule has 0 spiro atoms. The van der Waals surface area contributed by atoms with Crippen molar-refractivity contribution in [1.82, 2.24) is 9.55 Å². The highest BCUT2D eigenvalue weighted by Gasteiger charge is 2.12. The molecule has 0 saturated carbocycles. The van der Waals surface area contributed by atoms with E-state index in [1.54, 1.807) is 11.5 Å². The van der Waals surface area contributed by atoms with E-state index in [9.17, 15) is 13.6 Å². The van der Waals surface area contributed by atoms with Crippen LogP contribution in [0.5, 0.6) is 0 Å². The van der Waals surface area contributed by atoms with E-state index < -0.39 is 17.6 Å². The molecule has 0 aliphatic rings. The van der Waals surface area contributed by atoms with Crippen LogP contribution < -0.4 is 0 Å². The fourth-order valence-corrected chi connectivity index (χ4v) is 1.91. The summed E-state index contributed by atoms with van der Waals surface area (Å²) in [4.78, 5) is 14.6. The van der Waals surface area contributed by atoms with Crippen LogP contribution in [0.25, 0.3) is 11.0 Å². The number of hydrogen-bond donors (Lipinski definition) is 1. The van der Waals surface area contributed by atoms with Crippen LogP contribution in [0.3, 0.4) is 0 Å². The molecule has 2 rings (SSSR count). The molecule has 0 unspecified atom stereocenters. The first-order valence-electron chi connectivity index (χ1n) is 5.52. The third-order valence-electron chi connectivity index (χ3n) is 2.75. The second kappa shape index (κ2) is 4.72. The van der Waals surface area contributed by atoms with Crippen molar-refractivity contribution in [3.8, 4) is 0 Å². The van der Waals surface area contributed by atoms with Crippen LogP contribution in [0.2, 0.25) is 0 Å². The Labute approximate surface area is 102 Å². The van der Waals surface area contributed by atoms with Crippen LogP contribution in [-0.4, -0.2) is 20.6 Å². The second-order valence-corrected chi connectivity index (χ2v) is 4.06. The zero-order valence-corrected chi connectivity index (χ0v) is 9.78. The van der Waals surface area contributed by atoms with Crippen LogP contribution in [0.15, 0.2) is 12.1 Å². The normalized spacial score (nSPS) is 11.1. The van der Waals surface area contributed by atoms with E-state index in [1.807, 2.05) is 0 Å². The standard InChI is InChI=1S/C12H12F2N2O2/c1-7-15-10-5-8(13)9(14)6-11(10)16(7)4-2-3-12(17)18/h5-6H,2-4H2,1H3,(H,17,18). The van der Waals surface area contributed by atoms with E-state index >= 15 is 0 Å². The predicted molar refractivity (Wildman–Crippen MR) is 61.3 cm³/mol. The highest BCUT2D eigenvalue weighted by Crippen LogP contribution is 2.20. The van der Waals surface area contributed by atoms with Gasteiger partial charge in [-0.05, 0) is 13.3 Å². The molecule has 0 radical (unpaired) electrons. The molecule has 1 N–H and O–H groups in total. The van der Waals surface area contributed by atoms with Crippen molar-refractivity contribution in [1.29, 1.82) is 0 Å². The number of imidazole rings is 1. The summed E-state index contributed by atoms with van der Waals surface area (Å²) in [6.45, 7) is 2.14. The zero-order chi connectivity index (χ0) is 13.3. The van der Waals surface area contributed by atoms with Crippen molar-refractivity contribution in [3.63, 3.8) is 0 Å². The van der Waals surface area contributed by atoms with Gasteiger partial charge in [0.25, 0.3) is 0 Å². The molecule has 1 aromatic carbocycles. The maximum Gasteiger partial charge on any atom is 0.303 e. The van der Waals surface area contributed by atoms with E-state index in [1.165, 1.54) is 0 Å². The Kier molecular flexibility index (Phi) is 3.27. The minimum Gasteiger partial charge on any atom is -0.481 e. The lowest BCUT2D eigenvalue weighted by atomic mass is 10.2. The number of benzene rings is 1. The highest BCUT2D eigenvalue weighted by atomic mass is 19.2. The number of carbonyl (C=O) groups is 1. The lowest BCUT2D eigenvalue weighted by Gasteiger charge is -2.05. The SMILES string of the molecule is Cc1nc2cc(F)c(F)cc2n1CCCC(=O)O. The average Bonchev–Trinajstić information content (AvgIpc) is 2.56. The predicted octanol–water partition coefficient (Wildman–Crippen LogP) is 2.49. The first-order chi connectivity index (χ1) is 8.49. The van der Waals surface area contributed by atoms with Gasteiger partial charge in [-0.25, -0.2) is 13.8 Å². The quantitative estimate of drug-likeness (QED) is 0.911. The van der Waals surface area contributed by atoms with Gasteiger partial charge in [0.05, 0.1) is 11.0 Å². The van der Waals surface area contributed by atoms with Crippen molar-refractivity contribution in [2.75, 3.05) is 0 Å². The number of nitrogens with zero attached hydrogens (tertiary/aromatic N) is 2. The maximum absolute atomic E-state index is 13.2. The molecular weight excluding hydrogens is 242 g/mol. The molecule has 0 fully saturated rings. The van der Waals surface area contributed by atoms with Gasteiger partial charge in [-0.2, -0.15) is 0 Å². The summed E-state index contributed by atoms with van der Waals surface area (Å²) in [6.07, 6.45) is 0.448. The van der Waals surface area contributed by atoms with E-state index in [0.29, 0.717) is 29.8 Å². The highest BCUT2D eigenvalue weighted by molar-refractivity contribution is 5.76. The molecule has 1 heterocycles. The van der Waals surface area contributed by atoms with Crippen LogP contribution in [0, 0.1) is 18.6 Å². The molecule has 4 nitrogen and oxygen atoms in total. The van der Waals surface area contributed by atoms with Gasteiger partial charge in [0.15, 0.2) is 11.6 Å². The lowest BCUT2D eigenvalue weighted by Crippen LogP contribution is -2.03. The summed E-state index contributed by atoms with van der Waals surface area (Å²) in [7, 11) is 0. The van der Waals surface area contributed by atoms with Gasteiger partial charge in [-0.15, -0.1) is 0 Å². The molecule has 2 aromatic rings. The van der Waals surface area contributed by atoms with Crippen molar-refractivity contribution >= 4 is 17.0 Å². The van der Waals surface area contributed by atoms with E-state index in [-0.39, 0.29) is 6.42 Å². The zero-order valence-electron chi connectivity index (χ0n) is 9.78. The molecular formula is C12H12F2N2O2. The Morgan fingerprint density at radius 2 is 2.06 bits per heavy atom. The Morgan fingerprint density at radius 1 is 1.39 bits per heavy atom. The molecule has 0 aliphatic carbocycles. The monoisotopic (exact) mass is 254 g/mol. The van der Waals surface area contributed by atoms with Crippen LogP contribution in [0.4, 0.5) is 8.78 Å². The van der Waals surface area contributed by atoms with Crippen molar-refractivity contribution in [2.24, 2.45) is 0 Å². The molecule has 0 saturated heterocycles. The Morgan fingerprint density at radius 3 is 2.72 bits per heavy atom. The van der Waals surface area contributed by atoms with Gasteiger partial charge >= 0.3 is 5.97 Å². The number of halogens is 2. The number of aliphatic carboxylic acids is 1. The molecule has 18 heavy (non-hydrogen) atoms. The van der Waals surface area contributed by atoms with Gasteiger partial charge < -0.3 is 9.67 Å². The van der Waals surface area contributed by atoms with E-state index in [4.69, 9.17) is 5.11 Å². The Bertz CT molecular complexity index is 608. The summed E-state index contributed by atoms with van der Waals surface area (Å²) in [5.41, 5.74) is 0.860. The topological polar surface area (TPSA) is 55.1 Å². The van der Waals surface area contributed by atoms with Gasteiger partial charge in [-0.3, -0.25) is 4.79 Å². The average molecular weight is 254 g/mol. The van der Waals surface area contributed by atoms with Gasteiger partial charge in [0.1, 0.15) is 5.82 Å². The molecule has 6 heteroatoms. The number of rotatable bonds is 4. The lowest BCUT2D eigenvalue weighted by molar-refractivity contribution is -0.137. The number of carboxylic acid groups (broad SMARTS) is 1. The summed E-state index contributed by atoms with van der Waals surface area (Å²) in [5.74, 6) is -2.13. The molecule has 0 bridgehead atoms. The summed E-state index contributed by atoms with van der Waals surface area (Å²) < 4.78 is 27.9. The van der Waals surface area contributed by atoms with Crippen LogP contribution in [-0.2, 0) is 11.3 Å². The number of aromatic nitrogens is 2. The number of aryl methyl sites for hydroxylation is 2. The fourth-order valence-electron chi connectivity index (χ4n) is 1.91. The third-order valence-corrected chi connectivity index (χ3v) is 2.75. The second-order valence-electron chi connectivity index (χ2n) is 4.06. The minimum atomic E-state index is -0.933. The third kappa shape index (κ3) is 2.32. The molecule has 96 valence electrons. The van der Waals surface area contributed by atoms with E-state index in [0.717, 1.165) is 12.1 Å². The maximum atomic E-state index is 13.2. The van der Waals surface area contributed by atoms with Gasteiger partial charge in [-0.1, -0.05) is 0 Å².